The molecule has 0 amide bonds. The smallest absolute Gasteiger partial charge is 0.337 e. The number of methoxy groups -OCH3 is 1. The van der Waals surface area contributed by atoms with Crippen LogP contribution in [0.4, 0.5) is 0 Å². The van der Waals surface area contributed by atoms with Crippen molar-refractivity contribution in [3.8, 4) is 0 Å². The fraction of sp³-hybridized carbons (Fsp3) is 0.469. The molecule has 7 unspecified atom stereocenters. The summed E-state index contributed by atoms with van der Waals surface area (Å²) < 4.78 is 11.2. The second-order valence-corrected chi connectivity index (χ2v) is 26.0. The summed E-state index contributed by atoms with van der Waals surface area (Å²) in [6, 6.07) is 58.5. The zero-order valence-corrected chi connectivity index (χ0v) is 75.5. The van der Waals surface area contributed by atoms with Crippen LogP contribution in [-0.4, -0.2) is 48.1 Å². The highest BCUT2D eigenvalue weighted by Crippen LogP contribution is 2.31. The van der Waals surface area contributed by atoms with Crippen LogP contribution in [0.3, 0.4) is 0 Å². The fourth-order valence-corrected chi connectivity index (χ4v) is 10.4. The Labute approximate surface area is 676 Å². The summed E-state index contributed by atoms with van der Waals surface area (Å²) in [4.78, 5) is 34.3. The highest BCUT2D eigenvalue weighted by atomic mass is 79.9. The van der Waals surface area contributed by atoms with Crippen LogP contribution in [0, 0.1) is 0 Å². The van der Waals surface area contributed by atoms with Crippen molar-refractivity contribution in [2.24, 2.45) is 0 Å². The number of benzene rings is 8. The second kappa shape index (κ2) is 68.9. The lowest BCUT2D eigenvalue weighted by molar-refractivity contribution is 0.0600. The Bertz CT molecular complexity index is 3610. The maximum absolute atomic E-state index is 11.5. The molecule has 0 aliphatic carbocycles. The number of furan rings is 1. The number of carbonyl (C=O) groups is 3. The van der Waals surface area contributed by atoms with Crippen LogP contribution < -0.4 is 0 Å². The Balaban J connectivity index is -0.000000369. The number of esters is 1. The molecule has 8 aromatic carbocycles. The summed E-state index contributed by atoms with van der Waals surface area (Å²) in [5, 5.41) is 23.7. The molecule has 2 N–H and O–H groups in total. The quantitative estimate of drug-likeness (QED) is 0.0612. The van der Waals surface area contributed by atoms with Gasteiger partial charge >= 0.3 is 5.97 Å². The number of Topliss-reactive ketones (excluding diaryl/α,β-unsaturated/α-hetero) is 2. The van der Waals surface area contributed by atoms with Crippen molar-refractivity contribution in [3.05, 3.63) is 257 Å². The van der Waals surface area contributed by atoms with Gasteiger partial charge in [0.25, 0.3) is 0 Å². The Hall–Kier alpha value is -6.36. The van der Waals surface area contributed by atoms with Crippen molar-refractivity contribution in [2.75, 3.05) is 20.3 Å². The van der Waals surface area contributed by atoms with Gasteiger partial charge in [0.05, 0.1) is 29.0 Å². The van der Waals surface area contributed by atoms with Crippen molar-refractivity contribution in [1.29, 1.82) is 0 Å². The summed E-state index contributed by atoms with van der Waals surface area (Å²) in [5.41, 5.74) is 11.2. The van der Waals surface area contributed by atoms with Gasteiger partial charge in [-0.1, -0.05) is 348 Å². The van der Waals surface area contributed by atoms with Crippen molar-refractivity contribution in [2.45, 2.75) is 280 Å². The van der Waals surface area contributed by atoms with Crippen LogP contribution in [0.2, 0.25) is 15.1 Å². The maximum Gasteiger partial charge on any atom is 0.337 e. The van der Waals surface area contributed by atoms with Crippen molar-refractivity contribution >= 4 is 90.0 Å². The topological polar surface area (TPSA) is 114 Å². The fourth-order valence-electron chi connectivity index (χ4n) is 9.55. The van der Waals surface area contributed by atoms with Crippen LogP contribution in [0.1, 0.15) is 350 Å². The van der Waals surface area contributed by atoms with Gasteiger partial charge in [0.15, 0.2) is 11.6 Å². The van der Waals surface area contributed by atoms with E-state index in [1.165, 1.54) is 87.3 Å². The van der Waals surface area contributed by atoms with Gasteiger partial charge in [-0.25, -0.2) is 4.79 Å². The van der Waals surface area contributed by atoms with Gasteiger partial charge < -0.3 is 19.4 Å². The molecule has 0 spiro atoms. The normalized spacial score (nSPS) is 11.5. The number of fused-ring (bicyclic) bond motifs is 2. The average Bonchev–Trinajstić information content (AvgIpc) is 1.83. The number of ether oxygens (including phenoxy) is 1. The molecule has 1 aromatic heterocycles. The van der Waals surface area contributed by atoms with Crippen LogP contribution in [-0.2, 0) is 4.74 Å². The molecule has 7 nitrogen and oxygen atoms in total. The lowest BCUT2D eigenvalue weighted by atomic mass is 9.93. The van der Waals surface area contributed by atoms with E-state index in [0.29, 0.717) is 62.2 Å². The van der Waals surface area contributed by atoms with Crippen molar-refractivity contribution < 1.29 is 33.8 Å². The number of carbonyl (C=O) groups excluding carboxylic acids is 3. The van der Waals surface area contributed by atoms with E-state index >= 15 is 0 Å². The first kappa shape index (κ1) is 109. The van der Waals surface area contributed by atoms with Crippen LogP contribution in [0.25, 0.3) is 21.7 Å². The molecule has 107 heavy (non-hydrogen) atoms. The van der Waals surface area contributed by atoms with Crippen LogP contribution in [0.5, 0.6) is 0 Å². The predicted octanol–water partition coefficient (Wildman–Crippen LogP) is 32.3. The third-order valence-electron chi connectivity index (χ3n) is 17.4. The van der Waals surface area contributed by atoms with Gasteiger partial charge in [0, 0.05) is 26.0 Å². The molecule has 1 heterocycles. The summed E-state index contributed by atoms with van der Waals surface area (Å²) in [6.07, 6.45) is 9.58. The number of hydrogen-bond donors (Lipinski definition) is 2. The van der Waals surface area contributed by atoms with E-state index in [4.69, 9.17) is 49.4 Å². The Morgan fingerprint density at radius 1 is 0.374 bits per heavy atom. The molecule has 0 bridgehead atoms. The van der Waals surface area contributed by atoms with Crippen molar-refractivity contribution in [3.63, 3.8) is 0 Å². The summed E-state index contributed by atoms with van der Waals surface area (Å²) >= 11 is 20.9. The van der Waals surface area contributed by atoms with E-state index in [-0.39, 0.29) is 11.7 Å². The second-order valence-electron chi connectivity index (χ2n) is 23.9. The number of hydrogen-bond acceptors (Lipinski definition) is 7. The van der Waals surface area contributed by atoms with Gasteiger partial charge in [-0.15, -0.1) is 0 Å². The standard InChI is InChI=1S/C14H18O4.C14H16.C12H16O2.C12H14O.C10H13Br.C10H12Cl2.C10H13Cl.7C2H6/c1-4-9(2)10-5-11(13(16)8-15)7-12(6-10)14(17)18-3;1-3-11(2)13-10-6-8-12-7-4-5-9-14(12)13;1-3-9(2)10-5-4-6-11(7-10)12(14)8-13;1-3-9(2)11-5-4-10-6-7-13-12(10)8-11;1-3-8(2)9-5-4-6-10(11)7-9;1-3-7(2)8-4-5-9(11)10(12)6-8;1-3-8(2)9-4-6-10(11)7-5-9;7*1-2/h5-7,9,15H,4,8H2,1-3H3;4-11H,3H2,1-2H3;4-7,9,13H,3,8H2,1-2H3;4-9H,3H2,1-2H3;4-8H,3H2,1-2H3;4-7H,3H2,1-2H3;4-8H,3H2,1-2H3;7*1-2H3. The van der Waals surface area contributed by atoms with Gasteiger partial charge in [0.1, 0.15) is 18.8 Å². The third kappa shape index (κ3) is 43.0. The molecule has 9 rings (SSSR count). The average molecular weight is 1600 g/mol. The van der Waals surface area contributed by atoms with E-state index in [1.807, 2.05) is 165 Å². The first-order valence-corrected chi connectivity index (χ1v) is 41.9. The number of rotatable bonds is 19. The van der Waals surface area contributed by atoms with Crippen molar-refractivity contribution in [1.82, 2.24) is 0 Å². The highest BCUT2D eigenvalue weighted by Gasteiger charge is 2.16. The van der Waals surface area contributed by atoms with E-state index in [9.17, 15) is 14.4 Å². The minimum atomic E-state index is -0.565. The SMILES string of the molecule is CC.CC.CC.CC.CC.CC.CC.CCC(C)c1cc(C(=O)CO)cc(C(=O)OC)c1.CCC(C)c1ccc(Cl)c(Cl)c1.CCC(C)c1ccc(Cl)cc1.CCC(C)c1ccc2ccoc2c1.CCC(C)c1cccc(Br)c1.CCC(C)c1cccc(C(=O)CO)c1.CCC(C)c1cccc2ccccc12. The van der Waals surface area contributed by atoms with E-state index in [1.54, 1.807) is 24.5 Å². The van der Waals surface area contributed by atoms with Gasteiger partial charge in [-0.3, -0.25) is 9.59 Å². The molecule has 0 fully saturated rings. The van der Waals surface area contributed by atoms with Gasteiger partial charge in [0.2, 0.25) is 0 Å². The molecule has 7 atom stereocenters. The van der Waals surface area contributed by atoms with Crippen LogP contribution in [0.15, 0.2) is 191 Å². The largest absolute Gasteiger partial charge is 0.465 e. The van der Waals surface area contributed by atoms with E-state index < -0.39 is 25.0 Å². The zero-order valence-electron chi connectivity index (χ0n) is 71.7. The Morgan fingerprint density at radius 3 is 1.24 bits per heavy atom. The molecule has 598 valence electrons. The lowest BCUT2D eigenvalue weighted by Gasteiger charge is -2.12. The Morgan fingerprint density at radius 2 is 0.766 bits per heavy atom. The predicted molar refractivity (Wildman–Crippen MR) is 480 cm³/mol. The number of ketones is 2. The molecule has 9 aromatic rings. The number of aliphatic hydroxyl groups excluding tert-OH is 2. The zero-order chi connectivity index (χ0) is 83.2. The third-order valence-corrected chi connectivity index (χ3v) is 18.9. The Kier molecular flexibility index (Phi) is 70.3. The van der Waals surface area contributed by atoms with E-state index in [2.05, 4.69) is 201 Å². The molecule has 0 radical (unpaired) electrons. The molecule has 0 aliphatic rings. The summed E-state index contributed by atoms with van der Waals surface area (Å²) in [6.45, 7) is 57.5. The first-order chi connectivity index (χ1) is 51.5. The molecule has 0 saturated heterocycles. The molecule has 0 saturated carbocycles. The number of halogens is 4. The molecular weight excluding hydrogens is 1450 g/mol. The molecule has 0 aliphatic heterocycles. The molecular formula is C96H144BrCl3O7. The highest BCUT2D eigenvalue weighted by molar-refractivity contribution is 9.10. The van der Waals surface area contributed by atoms with Crippen LogP contribution >= 0.6 is 50.7 Å². The van der Waals surface area contributed by atoms with Gasteiger partial charge in [-0.05, 0) is 209 Å². The number of aliphatic hydroxyl groups is 2. The minimum Gasteiger partial charge on any atom is -0.465 e. The maximum atomic E-state index is 11.5. The summed E-state index contributed by atoms with van der Waals surface area (Å²) in [7, 11) is 1.30. The monoisotopic (exact) mass is 1590 g/mol. The van der Waals surface area contributed by atoms with E-state index in [0.717, 1.165) is 41.0 Å². The molecule has 11 heteroatoms. The minimum absolute atomic E-state index is 0.213. The van der Waals surface area contributed by atoms with Gasteiger partial charge in [-0.2, -0.15) is 0 Å². The lowest BCUT2D eigenvalue weighted by Crippen LogP contribution is -2.10. The first-order valence-electron chi connectivity index (χ1n) is 40.0. The summed E-state index contributed by atoms with van der Waals surface area (Å²) in [5.74, 6) is 2.75.